The van der Waals surface area contributed by atoms with Crippen molar-refractivity contribution in [1.29, 1.82) is 0 Å². The third-order valence-electron chi connectivity index (χ3n) is 4.40. The summed E-state index contributed by atoms with van der Waals surface area (Å²) in [5.74, 6) is -1.05. The Bertz CT molecular complexity index is 1100. The monoisotopic (exact) mass is 538 g/mol. The quantitative estimate of drug-likeness (QED) is 0.344. The molecular weight excluding hydrogens is 524 g/mol. The first kappa shape index (κ1) is 21.5. The molecule has 0 radical (unpaired) electrons. The number of thiocarbonyl (C=S) groups is 1. The lowest BCUT2D eigenvalue weighted by molar-refractivity contribution is -0.122. The smallest absolute Gasteiger partial charge is 0.270 e. The number of phenols is 1. The number of hydrogen-bond donors (Lipinski definition) is 2. The van der Waals surface area contributed by atoms with Crippen LogP contribution in [0.15, 0.2) is 38.8 Å². The van der Waals surface area contributed by atoms with Gasteiger partial charge in [0.2, 0.25) is 0 Å². The van der Waals surface area contributed by atoms with Gasteiger partial charge in [0.15, 0.2) is 16.6 Å². The molecule has 1 heterocycles. The van der Waals surface area contributed by atoms with Crippen LogP contribution in [-0.4, -0.2) is 29.1 Å². The van der Waals surface area contributed by atoms with Gasteiger partial charge in [-0.15, -0.1) is 0 Å². The van der Waals surface area contributed by atoms with Crippen molar-refractivity contribution >= 4 is 72.8 Å². The molecule has 9 heteroatoms. The number of amides is 2. The third kappa shape index (κ3) is 3.94. The maximum Gasteiger partial charge on any atom is 0.270 e. The molecule has 0 spiro atoms. The van der Waals surface area contributed by atoms with E-state index in [-0.39, 0.29) is 22.2 Å². The molecule has 1 aliphatic heterocycles. The molecule has 6 nitrogen and oxygen atoms in total. The van der Waals surface area contributed by atoms with Gasteiger partial charge in [-0.1, -0.05) is 12.1 Å². The summed E-state index contributed by atoms with van der Waals surface area (Å²) in [6.07, 6.45) is 1.42. The number of carbonyl (C=O) groups excluding carboxylic acids is 2. The molecule has 2 aromatic rings. The molecule has 2 aromatic carbocycles. The summed E-state index contributed by atoms with van der Waals surface area (Å²) < 4.78 is 5.96. The van der Waals surface area contributed by atoms with Crippen molar-refractivity contribution in [1.82, 2.24) is 5.32 Å². The Morgan fingerprint density at radius 3 is 2.52 bits per heavy atom. The Morgan fingerprint density at radius 1 is 1.17 bits per heavy atom. The van der Waals surface area contributed by atoms with Gasteiger partial charge in [-0.2, -0.15) is 0 Å². The molecule has 29 heavy (non-hydrogen) atoms. The van der Waals surface area contributed by atoms with Crippen molar-refractivity contribution < 1.29 is 19.4 Å². The highest BCUT2D eigenvalue weighted by Gasteiger charge is 2.35. The van der Waals surface area contributed by atoms with Gasteiger partial charge in [0.1, 0.15) is 5.57 Å². The number of rotatable bonds is 3. The van der Waals surface area contributed by atoms with Crippen LogP contribution in [0.3, 0.4) is 0 Å². The number of carbonyl (C=O) groups is 2. The predicted molar refractivity (Wildman–Crippen MR) is 122 cm³/mol. The van der Waals surface area contributed by atoms with Crippen molar-refractivity contribution in [2.45, 2.75) is 13.8 Å². The van der Waals surface area contributed by atoms with Crippen molar-refractivity contribution in [3.8, 4) is 11.5 Å². The van der Waals surface area contributed by atoms with Crippen LogP contribution < -0.4 is 15.0 Å². The number of methoxy groups -OCH3 is 1. The van der Waals surface area contributed by atoms with Gasteiger partial charge in [-0.05, 0) is 92.8 Å². The zero-order valence-electron chi connectivity index (χ0n) is 15.7. The molecule has 0 aliphatic carbocycles. The number of halogens is 2. The van der Waals surface area contributed by atoms with E-state index in [1.165, 1.54) is 24.2 Å². The zero-order valence-corrected chi connectivity index (χ0v) is 19.7. The summed E-state index contributed by atoms with van der Waals surface area (Å²) in [5, 5.41) is 12.7. The first-order chi connectivity index (χ1) is 13.6. The van der Waals surface area contributed by atoms with Gasteiger partial charge in [0.05, 0.1) is 17.3 Å². The zero-order chi connectivity index (χ0) is 21.5. The molecular formula is C20H16Br2N2O4S. The van der Waals surface area contributed by atoms with E-state index in [0.29, 0.717) is 20.2 Å². The molecule has 1 fully saturated rings. The van der Waals surface area contributed by atoms with E-state index in [0.717, 1.165) is 11.1 Å². The van der Waals surface area contributed by atoms with Crippen LogP contribution in [-0.2, 0) is 9.59 Å². The predicted octanol–water partition coefficient (Wildman–Crippen LogP) is 4.37. The van der Waals surface area contributed by atoms with Crippen molar-refractivity contribution in [3.05, 3.63) is 55.5 Å². The number of phenolic OH excluding ortho intramolecular Hbond substituents is 1. The maximum atomic E-state index is 13.2. The van der Waals surface area contributed by atoms with E-state index < -0.39 is 11.8 Å². The molecule has 1 aliphatic rings. The molecule has 0 unspecified atom stereocenters. The van der Waals surface area contributed by atoms with Crippen molar-refractivity contribution in [2.75, 3.05) is 12.0 Å². The fourth-order valence-electron chi connectivity index (χ4n) is 2.86. The number of aromatic hydroxyl groups is 1. The molecule has 2 N–H and O–H groups in total. The van der Waals surface area contributed by atoms with Crippen LogP contribution in [0.4, 0.5) is 5.69 Å². The van der Waals surface area contributed by atoms with Gasteiger partial charge in [-0.25, -0.2) is 0 Å². The fourth-order valence-corrected chi connectivity index (χ4v) is 3.98. The molecule has 2 amide bonds. The average Bonchev–Trinajstić information content (AvgIpc) is 2.67. The maximum absolute atomic E-state index is 13.2. The summed E-state index contributed by atoms with van der Waals surface area (Å²) >= 11 is 11.9. The summed E-state index contributed by atoms with van der Waals surface area (Å²) in [7, 11) is 1.41. The Kier molecular flexibility index (Phi) is 6.11. The van der Waals surface area contributed by atoms with Gasteiger partial charge >= 0.3 is 0 Å². The van der Waals surface area contributed by atoms with E-state index in [2.05, 4.69) is 37.2 Å². The lowest BCUT2D eigenvalue weighted by atomic mass is 10.0. The second kappa shape index (κ2) is 8.25. The molecule has 3 rings (SSSR count). The van der Waals surface area contributed by atoms with Crippen LogP contribution in [0.2, 0.25) is 0 Å². The normalized spacial score (nSPS) is 15.7. The SMILES string of the molecule is COc1cc(/C=C2\C(=O)NC(=S)N(c3cc(C)ccc3C)C2=O)c(Br)c(Br)c1O. The lowest BCUT2D eigenvalue weighted by Crippen LogP contribution is -2.54. The largest absolute Gasteiger partial charge is 0.503 e. The van der Waals surface area contributed by atoms with Gasteiger partial charge in [0.25, 0.3) is 11.8 Å². The van der Waals surface area contributed by atoms with E-state index >= 15 is 0 Å². The topological polar surface area (TPSA) is 78.9 Å². The number of ether oxygens (including phenoxy) is 1. The van der Waals surface area contributed by atoms with Gasteiger partial charge in [-0.3, -0.25) is 19.8 Å². The molecule has 0 bridgehead atoms. The van der Waals surface area contributed by atoms with Crippen molar-refractivity contribution in [2.24, 2.45) is 0 Å². The van der Waals surface area contributed by atoms with Crippen LogP contribution >= 0.6 is 44.1 Å². The standard InChI is InChI=1S/C20H16Br2N2O4S/c1-9-4-5-10(2)13(6-9)24-19(27)12(18(26)23-20(24)29)7-11-8-14(28-3)17(25)16(22)15(11)21/h4-8,25H,1-3H3,(H,23,26,29)/b12-7+. The highest BCUT2D eigenvalue weighted by molar-refractivity contribution is 9.13. The van der Waals surface area contributed by atoms with E-state index in [1.54, 1.807) is 0 Å². The summed E-state index contributed by atoms with van der Waals surface area (Å²) in [5.41, 5.74) is 2.78. The summed E-state index contributed by atoms with van der Waals surface area (Å²) in [6.45, 7) is 3.77. The molecule has 150 valence electrons. The highest BCUT2D eigenvalue weighted by Crippen LogP contribution is 2.42. The Morgan fingerprint density at radius 2 is 1.86 bits per heavy atom. The summed E-state index contributed by atoms with van der Waals surface area (Å²) in [4.78, 5) is 27.1. The van der Waals surface area contributed by atoms with Crippen LogP contribution in [0.1, 0.15) is 16.7 Å². The van der Waals surface area contributed by atoms with Gasteiger partial charge < -0.3 is 9.84 Å². The molecule has 0 saturated carbocycles. The van der Waals surface area contributed by atoms with E-state index in [4.69, 9.17) is 17.0 Å². The number of nitrogens with one attached hydrogen (secondary N) is 1. The van der Waals surface area contributed by atoms with Crippen molar-refractivity contribution in [3.63, 3.8) is 0 Å². The summed E-state index contributed by atoms with van der Waals surface area (Å²) in [6, 6.07) is 7.18. The third-order valence-corrected chi connectivity index (χ3v) is 6.84. The fraction of sp³-hybridized carbons (Fsp3) is 0.150. The Balaban J connectivity index is 2.14. The Labute approximate surface area is 189 Å². The number of hydrogen-bond acceptors (Lipinski definition) is 5. The minimum absolute atomic E-state index is 0.0226. The minimum Gasteiger partial charge on any atom is -0.503 e. The molecule has 0 atom stereocenters. The average molecular weight is 540 g/mol. The number of anilines is 1. The minimum atomic E-state index is -0.600. The first-order valence-electron chi connectivity index (χ1n) is 8.39. The number of aryl methyl sites for hydroxylation is 2. The van der Waals surface area contributed by atoms with Gasteiger partial charge in [0, 0.05) is 4.47 Å². The lowest BCUT2D eigenvalue weighted by Gasteiger charge is -2.30. The number of benzene rings is 2. The van der Waals surface area contributed by atoms with E-state index in [1.807, 2.05) is 32.0 Å². The Hall–Kier alpha value is -2.23. The second-order valence-corrected chi connectivity index (χ2v) is 8.37. The second-order valence-electron chi connectivity index (χ2n) is 6.39. The highest BCUT2D eigenvalue weighted by atomic mass is 79.9. The van der Waals surface area contributed by atoms with Crippen LogP contribution in [0, 0.1) is 13.8 Å². The number of nitrogens with zero attached hydrogens (tertiary/aromatic N) is 1. The first-order valence-corrected chi connectivity index (χ1v) is 10.4. The van der Waals surface area contributed by atoms with Crippen LogP contribution in [0.25, 0.3) is 6.08 Å². The van der Waals surface area contributed by atoms with E-state index in [9.17, 15) is 14.7 Å². The van der Waals surface area contributed by atoms with Crippen LogP contribution in [0.5, 0.6) is 11.5 Å². The molecule has 1 saturated heterocycles. The molecule has 0 aromatic heterocycles.